The Bertz CT molecular complexity index is 563. The first-order valence-electron chi connectivity index (χ1n) is 7.38. The van der Waals surface area contributed by atoms with Crippen LogP contribution in [-0.2, 0) is 9.59 Å². The Morgan fingerprint density at radius 2 is 2.27 bits per heavy atom. The molecule has 22 heavy (non-hydrogen) atoms. The van der Waals surface area contributed by atoms with Crippen molar-refractivity contribution >= 4 is 29.1 Å². The van der Waals surface area contributed by atoms with Crippen molar-refractivity contribution in [3.05, 3.63) is 17.3 Å². The van der Waals surface area contributed by atoms with Crippen molar-refractivity contribution in [2.24, 2.45) is 0 Å². The van der Waals surface area contributed by atoms with Crippen LogP contribution in [0.25, 0.3) is 0 Å². The Morgan fingerprint density at radius 1 is 1.50 bits per heavy atom. The highest BCUT2D eigenvalue weighted by Gasteiger charge is 2.24. The molecule has 1 aliphatic rings. The third kappa shape index (κ3) is 4.59. The van der Waals surface area contributed by atoms with E-state index >= 15 is 0 Å². The van der Waals surface area contributed by atoms with Gasteiger partial charge in [0, 0.05) is 12.6 Å². The summed E-state index contributed by atoms with van der Waals surface area (Å²) in [6.07, 6.45) is 4.09. The summed E-state index contributed by atoms with van der Waals surface area (Å²) in [5, 5.41) is 5.88. The van der Waals surface area contributed by atoms with Crippen LogP contribution in [-0.4, -0.2) is 28.9 Å². The van der Waals surface area contributed by atoms with Crippen molar-refractivity contribution in [3.63, 3.8) is 0 Å². The molecule has 6 nitrogen and oxygen atoms in total. The third-order valence-electron chi connectivity index (χ3n) is 3.22. The quantitative estimate of drug-likeness (QED) is 0.891. The van der Waals surface area contributed by atoms with Crippen molar-refractivity contribution in [1.82, 2.24) is 10.3 Å². The maximum absolute atomic E-state index is 12.4. The smallest absolute Gasteiger partial charge is 0.247 e. The van der Waals surface area contributed by atoms with Crippen LogP contribution in [0.15, 0.2) is 12.3 Å². The van der Waals surface area contributed by atoms with Gasteiger partial charge in [0.2, 0.25) is 17.7 Å². The van der Waals surface area contributed by atoms with Crippen molar-refractivity contribution in [2.75, 3.05) is 5.32 Å². The monoisotopic (exact) mass is 325 g/mol. The lowest BCUT2D eigenvalue weighted by Crippen LogP contribution is -2.42. The number of pyridine rings is 1. The first-order valence-corrected chi connectivity index (χ1v) is 7.76. The Balaban J connectivity index is 2.12. The number of rotatable bonds is 4. The number of ether oxygens (including phenoxy) is 1. The summed E-state index contributed by atoms with van der Waals surface area (Å²) >= 11 is 5.93. The molecule has 1 aromatic heterocycles. The molecule has 2 N–H and O–H groups in total. The summed E-state index contributed by atoms with van der Waals surface area (Å²) in [5.74, 6) is -0.0684. The molecule has 0 spiro atoms. The Morgan fingerprint density at radius 3 is 3.00 bits per heavy atom. The number of aromatic nitrogens is 1. The van der Waals surface area contributed by atoms with Gasteiger partial charge in [-0.05, 0) is 32.8 Å². The molecule has 0 aliphatic carbocycles. The number of nitrogens with one attached hydrogen (secondary N) is 2. The van der Waals surface area contributed by atoms with E-state index in [-0.39, 0.29) is 17.9 Å². The number of halogens is 1. The molecule has 1 fully saturated rings. The van der Waals surface area contributed by atoms with Gasteiger partial charge in [0.25, 0.3) is 0 Å². The average molecular weight is 326 g/mol. The summed E-state index contributed by atoms with van der Waals surface area (Å²) in [4.78, 5) is 28.0. The van der Waals surface area contributed by atoms with Crippen molar-refractivity contribution in [2.45, 2.75) is 51.7 Å². The lowest BCUT2D eigenvalue weighted by Gasteiger charge is -2.18. The molecule has 2 rings (SSSR count). The summed E-state index contributed by atoms with van der Waals surface area (Å²) in [6, 6.07) is 1.05. The molecule has 2 amide bonds. The summed E-state index contributed by atoms with van der Waals surface area (Å²) in [7, 11) is 0. The van der Waals surface area contributed by atoms with Gasteiger partial charge >= 0.3 is 0 Å². The van der Waals surface area contributed by atoms with Gasteiger partial charge in [-0.1, -0.05) is 18.0 Å². The Hall–Kier alpha value is -1.82. The molecule has 0 bridgehead atoms. The topological polar surface area (TPSA) is 80.3 Å². The van der Waals surface area contributed by atoms with Gasteiger partial charge in [-0.25, -0.2) is 4.98 Å². The second kappa shape index (κ2) is 7.45. The van der Waals surface area contributed by atoms with Crippen molar-refractivity contribution in [3.8, 4) is 5.88 Å². The molecule has 1 atom stereocenters. The molecule has 2 heterocycles. The third-order valence-corrected chi connectivity index (χ3v) is 3.43. The van der Waals surface area contributed by atoms with Gasteiger partial charge in [0.15, 0.2) is 0 Å². The second-order valence-electron chi connectivity index (χ2n) is 5.53. The molecule has 0 radical (unpaired) electrons. The maximum atomic E-state index is 12.4. The summed E-state index contributed by atoms with van der Waals surface area (Å²) < 4.78 is 5.56. The van der Waals surface area contributed by atoms with Crippen LogP contribution in [0, 0.1) is 0 Å². The fourth-order valence-corrected chi connectivity index (χ4v) is 2.38. The van der Waals surface area contributed by atoms with Gasteiger partial charge in [0.05, 0.1) is 11.1 Å². The molecule has 1 saturated heterocycles. The average Bonchev–Trinajstić information content (AvgIpc) is 2.66. The van der Waals surface area contributed by atoms with Crippen molar-refractivity contribution < 1.29 is 14.3 Å². The molecular formula is C15H20ClN3O3. The largest absolute Gasteiger partial charge is 0.473 e. The summed E-state index contributed by atoms with van der Waals surface area (Å²) in [6.45, 7) is 3.74. The SMILES string of the molecule is CC(C)Oc1ncc(Cl)cc1NC(=O)[C@@H]1CCCCC(=O)N1. The van der Waals surface area contributed by atoms with E-state index in [0.29, 0.717) is 29.4 Å². The number of hydrogen-bond acceptors (Lipinski definition) is 4. The number of hydrogen-bond donors (Lipinski definition) is 2. The number of carbonyl (C=O) groups excluding carboxylic acids is 2. The second-order valence-corrected chi connectivity index (χ2v) is 5.96. The van der Waals surface area contributed by atoms with Crippen molar-refractivity contribution in [1.29, 1.82) is 0 Å². The van der Waals surface area contributed by atoms with Crippen LogP contribution >= 0.6 is 11.6 Å². The van der Waals surface area contributed by atoms with Crippen LogP contribution in [0.3, 0.4) is 0 Å². The molecule has 7 heteroatoms. The normalized spacial score (nSPS) is 18.5. The minimum Gasteiger partial charge on any atom is -0.473 e. The highest BCUT2D eigenvalue weighted by Crippen LogP contribution is 2.26. The molecule has 1 aromatic rings. The van der Waals surface area contributed by atoms with Gasteiger partial charge in [-0.2, -0.15) is 0 Å². The lowest BCUT2D eigenvalue weighted by molar-refractivity contribution is -0.126. The fourth-order valence-electron chi connectivity index (χ4n) is 2.22. The number of anilines is 1. The minimum atomic E-state index is -0.541. The van der Waals surface area contributed by atoms with Gasteiger partial charge in [-0.3, -0.25) is 9.59 Å². The van der Waals surface area contributed by atoms with Gasteiger partial charge in [0.1, 0.15) is 11.7 Å². The predicted molar refractivity (Wildman–Crippen MR) is 84.0 cm³/mol. The molecule has 0 saturated carbocycles. The highest BCUT2D eigenvalue weighted by atomic mass is 35.5. The number of amides is 2. The zero-order valence-electron chi connectivity index (χ0n) is 12.7. The van der Waals surface area contributed by atoms with E-state index in [1.54, 1.807) is 6.07 Å². The first kappa shape index (κ1) is 16.5. The van der Waals surface area contributed by atoms with Gasteiger partial charge in [-0.15, -0.1) is 0 Å². The van der Waals surface area contributed by atoms with E-state index in [9.17, 15) is 9.59 Å². The van der Waals surface area contributed by atoms with E-state index < -0.39 is 6.04 Å². The van der Waals surface area contributed by atoms with Crippen LogP contribution in [0.2, 0.25) is 5.02 Å². The van der Waals surface area contributed by atoms with Crippen LogP contribution < -0.4 is 15.4 Å². The van der Waals surface area contributed by atoms with E-state index in [0.717, 1.165) is 12.8 Å². The Kier molecular flexibility index (Phi) is 5.60. The molecule has 0 aromatic carbocycles. The minimum absolute atomic E-state index is 0.0816. The lowest BCUT2D eigenvalue weighted by atomic mass is 10.1. The number of nitrogens with zero attached hydrogens (tertiary/aromatic N) is 1. The zero-order valence-corrected chi connectivity index (χ0v) is 13.4. The molecule has 0 unspecified atom stereocenters. The van der Waals surface area contributed by atoms with Crippen LogP contribution in [0.1, 0.15) is 39.5 Å². The van der Waals surface area contributed by atoms with E-state index in [2.05, 4.69) is 15.6 Å². The maximum Gasteiger partial charge on any atom is 0.247 e. The predicted octanol–water partition coefficient (Wildman–Crippen LogP) is 2.52. The van der Waals surface area contributed by atoms with Crippen LogP contribution in [0.5, 0.6) is 5.88 Å². The van der Waals surface area contributed by atoms with E-state index in [1.165, 1.54) is 6.20 Å². The Labute approximate surface area is 134 Å². The standard InChI is InChI=1S/C15H20ClN3O3/c1-9(2)22-15-12(7-10(16)8-17-15)19-14(21)11-5-3-4-6-13(20)18-11/h7-9,11H,3-6H2,1-2H3,(H,18,20)(H,19,21)/t11-/m0/s1. The molecule has 1 aliphatic heterocycles. The first-order chi connectivity index (χ1) is 10.5. The zero-order chi connectivity index (χ0) is 16.1. The molecule has 120 valence electrons. The van der Waals surface area contributed by atoms with E-state index in [1.807, 2.05) is 13.8 Å². The fraction of sp³-hybridized carbons (Fsp3) is 0.533. The van der Waals surface area contributed by atoms with Crippen LogP contribution in [0.4, 0.5) is 5.69 Å². The molecular weight excluding hydrogens is 306 g/mol. The highest BCUT2D eigenvalue weighted by molar-refractivity contribution is 6.30. The van der Waals surface area contributed by atoms with E-state index in [4.69, 9.17) is 16.3 Å². The summed E-state index contributed by atoms with van der Waals surface area (Å²) in [5.41, 5.74) is 0.407. The van der Waals surface area contributed by atoms with Gasteiger partial charge < -0.3 is 15.4 Å². The number of carbonyl (C=O) groups is 2.